The minimum Gasteiger partial charge on any atom is -0.316 e. The van der Waals surface area contributed by atoms with E-state index in [1.54, 1.807) is 6.92 Å². The maximum Gasteiger partial charge on any atom is 0.251 e. The van der Waals surface area contributed by atoms with E-state index >= 15 is 0 Å². The highest BCUT2D eigenvalue weighted by Gasteiger charge is 2.54. The van der Waals surface area contributed by atoms with Gasteiger partial charge in [0.1, 0.15) is 0 Å². The zero-order valence-corrected chi connectivity index (χ0v) is 10.4. The number of hydrogen-bond acceptors (Lipinski definition) is 5. The minimum atomic E-state index is -3.34. The molecule has 0 aromatic carbocycles. The number of aromatic nitrogens is 1. The van der Waals surface area contributed by atoms with Crippen molar-refractivity contribution in [1.29, 1.82) is 0 Å². The minimum absolute atomic E-state index is 0.133. The quantitative estimate of drug-likeness (QED) is 0.798. The van der Waals surface area contributed by atoms with Crippen molar-refractivity contribution < 1.29 is 8.42 Å². The normalized spacial score (nSPS) is 32.7. The van der Waals surface area contributed by atoms with E-state index in [1.165, 1.54) is 17.5 Å². The number of piperidine rings is 1. The lowest BCUT2D eigenvalue weighted by atomic mass is 10.4. The van der Waals surface area contributed by atoms with Crippen LogP contribution < -0.4 is 10.0 Å². The summed E-state index contributed by atoms with van der Waals surface area (Å²) in [6.45, 7) is 3.67. The van der Waals surface area contributed by atoms with E-state index in [1.807, 2.05) is 0 Å². The van der Waals surface area contributed by atoms with Crippen molar-refractivity contribution in [2.45, 2.75) is 17.2 Å². The SMILES string of the molecule is Cc1ncc(S(=O)(=O)NC2C3CNCC32)s1. The molecule has 16 heavy (non-hydrogen) atoms. The first kappa shape index (κ1) is 10.6. The number of sulfonamides is 1. The van der Waals surface area contributed by atoms with E-state index in [-0.39, 0.29) is 6.04 Å². The third kappa shape index (κ3) is 1.67. The molecule has 0 radical (unpaired) electrons. The van der Waals surface area contributed by atoms with E-state index in [9.17, 15) is 8.42 Å². The molecule has 7 heteroatoms. The highest BCUT2D eigenvalue weighted by atomic mass is 32.2. The Balaban J connectivity index is 1.75. The summed E-state index contributed by atoms with van der Waals surface area (Å²) in [4.78, 5) is 3.97. The van der Waals surface area contributed by atoms with Gasteiger partial charge in [-0.3, -0.25) is 0 Å². The topological polar surface area (TPSA) is 71.1 Å². The number of aryl methyl sites for hydroxylation is 1. The second-order valence-corrected chi connectivity index (χ2v) is 7.51. The van der Waals surface area contributed by atoms with Gasteiger partial charge in [-0.15, -0.1) is 11.3 Å². The number of nitrogens with one attached hydrogen (secondary N) is 2. The van der Waals surface area contributed by atoms with Crippen molar-refractivity contribution >= 4 is 21.4 Å². The molecule has 2 N–H and O–H groups in total. The van der Waals surface area contributed by atoms with Gasteiger partial charge >= 0.3 is 0 Å². The van der Waals surface area contributed by atoms with Gasteiger partial charge in [-0.2, -0.15) is 0 Å². The maximum atomic E-state index is 12.0. The van der Waals surface area contributed by atoms with Crippen molar-refractivity contribution in [3.8, 4) is 0 Å². The zero-order valence-electron chi connectivity index (χ0n) is 8.80. The molecule has 1 aliphatic carbocycles. The van der Waals surface area contributed by atoms with E-state index in [2.05, 4.69) is 15.0 Å². The van der Waals surface area contributed by atoms with E-state index < -0.39 is 10.0 Å². The second-order valence-electron chi connectivity index (χ2n) is 4.33. The summed E-state index contributed by atoms with van der Waals surface area (Å²) < 4.78 is 27.0. The zero-order chi connectivity index (χ0) is 11.3. The number of nitrogens with zero attached hydrogens (tertiary/aromatic N) is 1. The van der Waals surface area contributed by atoms with Crippen molar-refractivity contribution in [1.82, 2.24) is 15.0 Å². The predicted molar refractivity (Wildman–Crippen MR) is 60.8 cm³/mol. The molecule has 2 unspecified atom stereocenters. The lowest BCUT2D eigenvalue weighted by Crippen LogP contribution is -2.32. The fraction of sp³-hybridized carbons (Fsp3) is 0.667. The van der Waals surface area contributed by atoms with Crippen LogP contribution in [0.1, 0.15) is 5.01 Å². The van der Waals surface area contributed by atoms with Crippen molar-refractivity contribution in [2.24, 2.45) is 11.8 Å². The Labute approximate surface area is 98.3 Å². The Hall–Kier alpha value is -0.500. The second kappa shape index (κ2) is 3.49. The van der Waals surface area contributed by atoms with Crippen LogP contribution in [0.25, 0.3) is 0 Å². The highest BCUT2D eigenvalue weighted by molar-refractivity contribution is 7.91. The van der Waals surface area contributed by atoms with Crippen LogP contribution in [0.15, 0.2) is 10.4 Å². The number of thiazole rings is 1. The van der Waals surface area contributed by atoms with Gasteiger partial charge in [0.05, 0.1) is 11.2 Å². The molecule has 88 valence electrons. The molecular weight excluding hydrogens is 246 g/mol. The maximum absolute atomic E-state index is 12.0. The van der Waals surface area contributed by atoms with Gasteiger partial charge in [-0.1, -0.05) is 0 Å². The van der Waals surface area contributed by atoms with Crippen LogP contribution in [-0.4, -0.2) is 32.5 Å². The molecule has 2 atom stereocenters. The lowest BCUT2D eigenvalue weighted by Gasteiger charge is -2.06. The van der Waals surface area contributed by atoms with Gasteiger partial charge in [0.2, 0.25) is 0 Å². The molecule has 2 aliphatic rings. The number of rotatable bonds is 3. The van der Waals surface area contributed by atoms with Crippen molar-refractivity contribution in [3.63, 3.8) is 0 Å². The molecular formula is C9H13N3O2S2. The summed E-state index contributed by atoms with van der Waals surface area (Å²) in [7, 11) is -3.34. The summed E-state index contributed by atoms with van der Waals surface area (Å²) in [5.74, 6) is 0.979. The van der Waals surface area contributed by atoms with Gasteiger partial charge in [0.15, 0.2) is 4.21 Å². The molecule has 1 saturated carbocycles. The van der Waals surface area contributed by atoms with E-state index in [4.69, 9.17) is 0 Å². The van der Waals surface area contributed by atoms with Crippen LogP contribution in [0.4, 0.5) is 0 Å². The fourth-order valence-electron chi connectivity index (χ4n) is 2.30. The van der Waals surface area contributed by atoms with Gasteiger partial charge in [-0.25, -0.2) is 18.1 Å². The molecule has 0 spiro atoms. The average Bonchev–Trinajstić information content (AvgIpc) is 2.68. The fourth-order valence-corrected chi connectivity index (χ4v) is 4.76. The highest BCUT2D eigenvalue weighted by Crippen LogP contribution is 2.42. The molecule has 1 aliphatic heterocycles. The summed E-state index contributed by atoms with van der Waals surface area (Å²) in [6.07, 6.45) is 1.43. The Bertz CT molecular complexity index is 501. The van der Waals surface area contributed by atoms with E-state index in [0.29, 0.717) is 16.0 Å². The van der Waals surface area contributed by atoms with Gasteiger partial charge in [0.25, 0.3) is 10.0 Å². The third-order valence-electron chi connectivity index (χ3n) is 3.25. The Morgan fingerprint density at radius 2 is 2.19 bits per heavy atom. The van der Waals surface area contributed by atoms with Crippen LogP contribution in [0, 0.1) is 18.8 Å². The number of fused-ring (bicyclic) bond motifs is 1. The molecule has 5 nitrogen and oxygen atoms in total. The van der Waals surface area contributed by atoms with Crippen LogP contribution in [0.3, 0.4) is 0 Å². The molecule has 2 heterocycles. The first-order valence-electron chi connectivity index (χ1n) is 5.23. The summed E-state index contributed by atoms with van der Waals surface area (Å²) in [5.41, 5.74) is 0. The third-order valence-corrected chi connectivity index (χ3v) is 6.08. The smallest absolute Gasteiger partial charge is 0.251 e. The van der Waals surface area contributed by atoms with E-state index in [0.717, 1.165) is 18.1 Å². The Morgan fingerprint density at radius 1 is 1.50 bits per heavy atom. The molecule has 1 saturated heterocycles. The lowest BCUT2D eigenvalue weighted by molar-refractivity contribution is 0.567. The first-order chi connectivity index (χ1) is 7.58. The van der Waals surface area contributed by atoms with Gasteiger partial charge in [-0.05, 0) is 31.8 Å². The van der Waals surface area contributed by atoms with Crippen LogP contribution in [0.5, 0.6) is 0 Å². The summed E-state index contributed by atoms with van der Waals surface area (Å²) >= 11 is 1.22. The Morgan fingerprint density at radius 3 is 2.75 bits per heavy atom. The molecule has 0 amide bonds. The molecule has 1 aromatic heterocycles. The number of hydrogen-bond donors (Lipinski definition) is 2. The van der Waals surface area contributed by atoms with Gasteiger partial charge < -0.3 is 5.32 Å². The van der Waals surface area contributed by atoms with Crippen LogP contribution in [-0.2, 0) is 10.0 Å². The van der Waals surface area contributed by atoms with Crippen molar-refractivity contribution in [2.75, 3.05) is 13.1 Å². The average molecular weight is 259 g/mol. The monoisotopic (exact) mass is 259 g/mol. The summed E-state index contributed by atoms with van der Waals surface area (Å²) in [6, 6.07) is 0.133. The Kier molecular flexibility index (Phi) is 2.32. The molecule has 3 rings (SSSR count). The van der Waals surface area contributed by atoms with Crippen LogP contribution >= 0.6 is 11.3 Å². The van der Waals surface area contributed by atoms with Gasteiger partial charge in [0, 0.05) is 6.04 Å². The molecule has 0 bridgehead atoms. The molecule has 1 aromatic rings. The first-order valence-corrected chi connectivity index (χ1v) is 7.53. The van der Waals surface area contributed by atoms with Crippen molar-refractivity contribution in [3.05, 3.63) is 11.2 Å². The largest absolute Gasteiger partial charge is 0.316 e. The van der Waals surface area contributed by atoms with Crippen LogP contribution in [0.2, 0.25) is 0 Å². The standard InChI is InChI=1S/C9H13N3O2S2/c1-5-11-4-8(15-5)16(13,14)12-9-6-2-10-3-7(6)9/h4,6-7,9-10,12H,2-3H2,1H3. The summed E-state index contributed by atoms with van der Waals surface area (Å²) in [5, 5.41) is 4.01. The predicted octanol–water partition coefficient (Wildman–Crippen LogP) is -0.0524. The molecule has 2 fully saturated rings.